The van der Waals surface area contributed by atoms with Crippen LogP contribution in [-0.2, 0) is 4.74 Å². The molecule has 4 N–H and O–H groups in total. The highest BCUT2D eigenvalue weighted by Crippen LogP contribution is 2.39. The van der Waals surface area contributed by atoms with Crippen LogP contribution in [0, 0.1) is 18.7 Å². The molecule has 0 bridgehead atoms. The number of fused-ring (bicyclic) bond motifs is 1. The first kappa shape index (κ1) is 19.9. The van der Waals surface area contributed by atoms with Gasteiger partial charge in [-0.05, 0) is 45.1 Å². The number of rotatable bonds is 6. The summed E-state index contributed by atoms with van der Waals surface area (Å²) < 4.78 is 22.7. The molecule has 0 spiro atoms. The second-order valence-electron chi connectivity index (χ2n) is 8.11. The average molecular weight is 405 g/mol. The van der Waals surface area contributed by atoms with Crippen molar-refractivity contribution in [2.45, 2.75) is 45.2 Å². The minimum atomic E-state index is -0.673. The van der Waals surface area contributed by atoms with Gasteiger partial charge >= 0.3 is 5.69 Å². The summed E-state index contributed by atoms with van der Waals surface area (Å²) in [7, 11) is 0. The number of benzene rings is 1. The largest absolute Gasteiger partial charge is 0.380 e. The van der Waals surface area contributed by atoms with Crippen LogP contribution in [0.2, 0.25) is 0 Å². The Kier molecular flexibility index (Phi) is 5.12. The van der Waals surface area contributed by atoms with Gasteiger partial charge in [-0.2, -0.15) is 4.68 Å². The Morgan fingerprint density at radius 3 is 2.69 bits per heavy atom. The van der Waals surface area contributed by atoms with Crippen LogP contribution < -0.4 is 27.7 Å². The third-order valence-electron chi connectivity index (χ3n) is 6.14. The number of aryl methyl sites for hydroxylation is 1. The van der Waals surface area contributed by atoms with Crippen LogP contribution >= 0.6 is 0 Å². The lowest BCUT2D eigenvalue weighted by atomic mass is 10.0. The third-order valence-corrected chi connectivity index (χ3v) is 6.14. The van der Waals surface area contributed by atoms with Gasteiger partial charge in [0, 0.05) is 37.3 Å². The van der Waals surface area contributed by atoms with E-state index in [0.717, 1.165) is 19.3 Å². The smallest absolute Gasteiger partial charge is 0.350 e. The second kappa shape index (κ2) is 7.46. The highest BCUT2D eigenvalue weighted by Gasteiger charge is 2.33. The van der Waals surface area contributed by atoms with Crippen molar-refractivity contribution >= 4 is 16.6 Å². The first-order chi connectivity index (χ1) is 13.8. The van der Waals surface area contributed by atoms with E-state index in [-0.39, 0.29) is 23.4 Å². The normalized spacial score (nSPS) is 20.6. The molecule has 1 saturated carbocycles. The Labute approximate surface area is 167 Å². The number of nitrogen functional groups attached to an aromatic ring is 1. The fourth-order valence-electron chi connectivity index (χ4n) is 4.45. The molecule has 9 heteroatoms. The Morgan fingerprint density at radius 2 is 2.03 bits per heavy atom. The van der Waals surface area contributed by atoms with Crippen LogP contribution in [0.4, 0.5) is 10.1 Å². The van der Waals surface area contributed by atoms with Crippen molar-refractivity contribution in [2.24, 2.45) is 11.7 Å². The zero-order valence-corrected chi connectivity index (χ0v) is 16.9. The number of nitrogens with zero attached hydrogens (tertiary/aromatic N) is 3. The predicted molar refractivity (Wildman–Crippen MR) is 110 cm³/mol. The summed E-state index contributed by atoms with van der Waals surface area (Å²) in [5.74, 6) is 5.39. The highest BCUT2D eigenvalue weighted by molar-refractivity contribution is 5.87. The van der Waals surface area contributed by atoms with Crippen LogP contribution in [0.3, 0.4) is 0 Å². The number of nitrogens with two attached hydrogens (primary N) is 2. The molecule has 2 aromatic rings. The van der Waals surface area contributed by atoms with Gasteiger partial charge in [-0.1, -0.05) is 0 Å². The van der Waals surface area contributed by atoms with E-state index >= 15 is 4.39 Å². The first-order valence-electron chi connectivity index (χ1n) is 10.2. The van der Waals surface area contributed by atoms with E-state index in [2.05, 4.69) is 0 Å². The number of anilines is 1. The molecule has 0 radical (unpaired) electrons. The molecular formula is C20H28FN5O3. The van der Waals surface area contributed by atoms with Crippen LogP contribution in [0.25, 0.3) is 10.9 Å². The predicted octanol–water partition coefficient (Wildman–Crippen LogP) is 0.850. The van der Waals surface area contributed by atoms with E-state index in [1.165, 1.54) is 6.07 Å². The average Bonchev–Trinajstić information content (AvgIpc) is 3.42. The number of ether oxygens (including phenoxy) is 1. The standard InChI is InChI=1S/C20H28FN5O3/c1-3-29-10-16(22)12-6-7-24(9-12)18-11(2)17-14(8-15(18)21)19(27)26(23)20(28)25(17)13-4-5-13/h8,12-13,16H,3-7,9-10,22-23H2,1-2H3/t12-,16+/m1/s1. The quantitative estimate of drug-likeness (QED) is 0.690. The van der Waals surface area contributed by atoms with E-state index in [9.17, 15) is 9.59 Å². The lowest BCUT2D eigenvalue weighted by Crippen LogP contribution is -2.44. The van der Waals surface area contributed by atoms with Crippen LogP contribution in [0.15, 0.2) is 15.7 Å². The van der Waals surface area contributed by atoms with Gasteiger partial charge in [-0.25, -0.2) is 9.18 Å². The van der Waals surface area contributed by atoms with Gasteiger partial charge in [0.25, 0.3) is 5.56 Å². The SMILES string of the molecule is CCOC[C@H](N)[C@@H]1CCN(c2c(F)cc3c(=O)n(N)c(=O)n(C4CC4)c3c2C)C1. The summed E-state index contributed by atoms with van der Waals surface area (Å²) in [6.07, 6.45) is 2.53. The summed E-state index contributed by atoms with van der Waals surface area (Å²) in [6, 6.07) is 1.11. The lowest BCUT2D eigenvalue weighted by Gasteiger charge is -2.25. The summed E-state index contributed by atoms with van der Waals surface area (Å²) in [4.78, 5) is 27.2. The van der Waals surface area contributed by atoms with Crippen molar-refractivity contribution < 1.29 is 9.13 Å². The molecule has 0 unspecified atom stereocenters. The topological polar surface area (TPSA) is 109 Å². The third kappa shape index (κ3) is 3.32. The molecule has 0 amide bonds. The zero-order chi connectivity index (χ0) is 20.9. The lowest BCUT2D eigenvalue weighted by molar-refractivity contribution is 0.119. The van der Waals surface area contributed by atoms with Crippen molar-refractivity contribution in [3.63, 3.8) is 0 Å². The molecule has 1 aromatic heterocycles. The number of hydrogen-bond acceptors (Lipinski definition) is 6. The van der Waals surface area contributed by atoms with Gasteiger partial charge in [0.1, 0.15) is 5.82 Å². The van der Waals surface area contributed by atoms with Crippen molar-refractivity contribution in [3.05, 3.63) is 38.3 Å². The van der Waals surface area contributed by atoms with E-state index in [1.807, 2.05) is 11.8 Å². The van der Waals surface area contributed by atoms with Gasteiger partial charge in [0.05, 0.1) is 23.2 Å². The molecule has 2 atom stereocenters. The monoisotopic (exact) mass is 405 g/mol. The molecule has 1 aliphatic carbocycles. The molecular weight excluding hydrogens is 377 g/mol. The van der Waals surface area contributed by atoms with Crippen LogP contribution in [0.5, 0.6) is 0 Å². The minimum absolute atomic E-state index is 0.00310. The van der Waals surface area contributed by atoms with Gasteiger partial charge in [-0.3, -0.25) is 9.36 Å². The second-order valence-corrected chi connectivity index (χ2v) is 8.11. The molecule has 29 heavy (non-hydrogen) atoms. The number of aromatic nitrogens is 2. The fourth-order valence-corrected chi connectivity index (χ4v) is 4.45. The van der Waals surface area contributed by atoms with Gasteiger partial charge in [0.2, 0.25) is 0 Å². The molecule has 1 saturated heterocycles. The minimum Gasteiger partial charge on any atom is -0.380 e. The Morgan fingerprint density at radius 1 is 1.31 bits per heavy atom. The Bertz CT molecular complexity index is 1060. The molecule has 158 valence electrons. The van der Waals surface area contributed by atoms with E-state index in [1.54, 1.807) is 11.5 Å². The number of hydrogen-bond donors (Lipinski definition) is 2. The van der Waals surface area contributed by atoms with E-state index in [4.69, 9.17) is 16.3 Å². The highest BCUT2D eigenvalue weighted by atomic mass is 19.1. The van der Waals surface area contributed by atoms with Crippen LogP contribution in [-0.4, -0.2) is 41.6 Å². The summed E-state index contributed by atoms with van der Waals surface area (Å²) in [5.41, 5.74) is 6.55. The molecule has 2 aliphatic rings. The summed E-state index contributed by atoms with van der Waals surface area (Å²) in [6.45, 7) is 6.06. The molecule has 8 nitrogen and oxygen atoms in total. The van der Waals surface area contributed by atoms with Gasteiger partial charge in [0.15, 0.2) is 0 Å². The Hall–Kier alpha value is -2.39. The molecule has 4 rings (SSSR count). The summed E-state index contributed by atoms with van der Waals surface area (Å²) in [5, 5.41) is 0.140. The van der Waals surface area contributed by atoms with Crippen molar-refractivity contribution in [3.8, 4) is 0 Å². The van der Waals surface area contributed by atoms with E-state index < -0.39 is 17.1 Å². The first-order valence-corrected chi connectivity index (χ1v) is 10.2. The molecule has 2 fully saturated rings. The van der Waals surface area contributed by atoms with E-state index in [0.29, 0.717) is 47.7 Å². The molecule has 2 heterocycles. The maximum Gasteiger partial charge on any atom is 0.350 e. The molecule has 1 aromatic carbocycles. The van der Waals surface area contributed by atoms with Gasteiger partial charge in [-0.15, -0.1) is 0 Å². The van der Waals surface area contributed by atoms with Gasteiger partial charge < -0.3 is 21.2 Å². The number of halogens is 1. The molecule has 1 aliphatic heterocycles. The zero-order valence-electron chi connectivity index (χ0n) is 16.9. The van der Waals surface area contributed by atoms with Crippen molar-refractivity contribution in [1.82, 2.24) is 9.24 Å². The van der Waals surface area contributed by atoms with Crippen molar-refractivity contribution in [1.29, 1.82) is 0 Å². The summed E-state index contributed by atoms with van der Waals surface area (Å²) >= 11 is 0. The van der Waals surface area contributed by atoms with Crippen molar-refractivity contribution in [2.75, 3.05) is 37.0 Å². The maximum absolute atomic E-state index is 15.1. The maximum atomic E-state index is 15.1. The van der Waals surface area contributed by atoms with Crippen LogP contribution in [0.1, 0.15) is 37.8 Å². The Balaban J connectivity index is 1.79. The fraction of sp³-hybridized carbons (Fsp3) is 0.600.